The number of hydrogen-bond acceptors (Lipinski definition) is 5. The van der Waals surface area contributed by atoms with Crippen molar-refractivity contribution in [2.24, 2.45) is 12.5 Å². The van der Waals surface area contributed by atoms with Gasteiger partial charge in [-0.1, -0.05) is 36.4 Å². The van der Waals surface area contributed by atoms with Crippen molar-refractivity contribution >= 4 is 23.5 Å². The molecule has 3 aromatic rings. The van der Waals surface area contributed by atoms with E-state index >= 15 is 0 Å². The molecule has 0 saturated heterocycles. The predicted molar refractivity (Wildman–Crippen MR) is 144 cm³/mol. The number of ether oxygens (including phenoxy) is 1. The molecule has 1 spiro atoms. The Morgan fingerprint density at radius 1 is 1.11 bits per heavy atom. The number of carbonyl (C=O) groups excluding carboxylic acids is 3. The fourth-order valence-electron chi connectivity index (χ4n) is 5.73. The predicted octanol–water partition coefficient (Wildman–Crippen LogP) is 4.12. The summed E-state index contributed by atoms with van der Waals surface area (Å²) in [6.07, 6.45) is 4.53. The number of nitrogens with one attached hydrogen (secondary N) is 2. The molecule has 1 fully saturated rings. The summed E-state index contributed by atoms with van der Waals surface area (Å²) in [7, 11) is 1.70. The molecule has 1 saturated carbocycles. The molecule has 5 rings (SSSR count). The Bertz CT molecular complexity index is 1370. The van der Waals surface area contributed by atoms with Crippen LogP contribution in [0.2, 0.25) is 0 Å². The van der Waals surface area contributed by atoms with Crippen LogP contribution in [0.3, 0.4) is 0 Å². The molecule has 2 atom stereocenters. The topological polar surface area (TPSA) is 102 Å². The van der Waals surface area contributed by atoms with Crippen LogP contribution in [0.5, 0.6) is 0 Å². The van der Waals surface area contributed by atoms with Crippen LogP contribution in [-0.4, -0.2) is 40.2 Å². The van der Waals surface area contributed by atoms with E-state index in [1.807, 2.05) is 38.1 Å². The lowest BCUT2D eigenvalue weighted by Gasteiger charge is -2.30. The fourth-order valence-corrected chi connectivity index (χ4v) is 5.73. The second-order valence-electron chi connectivity index (χ2n) is 10.9. The minimum absolute atomic E-state index is 0.0149. The first-order chi connectivity index (χ1) is 18.2. The molecule has 8 nitrogen and oxygen atoms in total. The summed E-state index contributed by atoms with van der Waals surface area (Å²) in [5.74, 6) is -1.04. The largest absolute Gasteiger partial charge is 0.465 e. The molecular formula is C30H34N4O4. The normalized spacial score (nSPS) is 17.9. The first kappa shape index (κ1) is 25.7. The molecule has 2 aliphatic carbocycles. The van der Waals surface area contributed by atoms with Crippen LogP contribution < -0.4 is 10.6 Å². The van der Waals surface area contributed by atoms with Crippen LogP contribution in [0.15, 0.2) is 60.8 Å². The molecular weight excluding hydrogens is 480 g/mol. The molecule has 8 heteroatoms. The summed E-state index contributed by atoms with van der Waals surface area (Å²) in [6, 6.07) is 16.3. The van der Waals surface area contributed by atoms with Crippen molar-refractivity contribution in [3.63, 3.8) is 0 Å². The molecule has 0 bridgehead atoms. The SMILES string of the molecule is CCOC(=O)C(C)(C)c1ccc(NC(=O)[C@@H](NC(=O)c2ccnn2C)C2c3ccccc3CC23CC3)cc1. The first-order valence-electron chi connectivity index (χ1n) is 13.1. The maximum absolute atomic E-state index is 13.9. The minimum Gasteiger partial charge on any atom is -0.465 e. The third kappa shape index (κ3) is 4.59. The standard InChI is InChI=1S/C30H34N4O4/c1-5-38-28(37)29(2,3)20-10-12-21(13-11-20)32-27(36)25(33-26(35)23-14-17-31-34(23)4)24-22-9-7-6-8-19(22)18-30(24)15-16-30/h6-14,17,24-25H,5,15-16,18H2,1-4H3,(H,32,36)(H,33,35)/t24?,25-/m0/s1. The minimum atomic E-state index is -0.815. The van der Waals surface area contributed by atoms with Gasteiger partial charge >= 0.3 is 5.97 Å². The van der Waals surface area contributed by atoms with E-state index in [2.05, 4.69) is 27.9 Å². The van der Waals surface area contributed by atoms with E-state index in [0.29, 0.717) is 18.0 Å². The average molecular weight is 515 g/mol. The van der Waals surface area contributed by atoms with Gasteiger partial charge in [0.15, 0.2) is 0 Å². The van der Waals surface area contributed by atoms with Crippen molar-refractivity contribution in [1.82, 2.24) is 15.1 Å². The molecule has 198 valence electrons. The molecule has 1 unspecified atom stereocenters. The molecule has 2 aromatic carbocycles. The number of fused-ring (bicyclic) bond motifs is 1. The van der Waals surface area contributed by atoms with E-state index in [-0.39, 0.29) is 29.1 Å². The van der Waals surface area contributed by atoms with Gasteiger partial charge in [-0.15, -0.1) is 0 Å². The molecule has 1 aromatic heterocycles. The summed E-state index contributed by atoms with van der Waals surface area (Å²) in [6.45, 7) is 5.73. The van der Waals surface area contributed by atoms with E-state index in [4.69, 9.17) is 4.74 Å². The van der Waals surface area contributed by atoms with Gasteiger partial charge in [0.25, 0.3) is 5.91 Å². The van der Waals surface area contributed by atoms with Crippen molar-refractivity contribution in [2.45, 2.75) is 57.4 Å². The second-order valence-corrected chi connectivity index (χ2v) is 10.9. The zero-order chi connectivity index (χ0) is 27.1. The highest BCUT2D eigenvalue weighted by molar-refractivity contribution is 6.01. The highest BCUT2D eigenvalue weighted by atomic mass is 16.5. The summed E-state index contributed by atoms with van der Waals surface area (Å²) in [4.78, 5) is 39.6. The van der Waals surface area contributed by atoms with Gasteiger partial charge in [0, 0.05) is 24.8 Å². The van der Waals surface area contributed by atoms with Gasteiger partial charge in [-0.3, -0.25) is 19.1 Å². The monoisotopic (exact) mass is 514 g/mol. The quantitative estimate of drug-likeness (QED) is 0.441. The van der Waals surface area contributed by atoms with Gasteiger partial charge in [-0.25, -0.2) is 0 Å². The summed E-state index contributed by atoms with van der Waals surface area (Å²) in [5.41, 5.74) is 3.31. The van der Waals surface area contributed by atoms with E-state index in [1.54, 1.807) is 38.4 Å². The van der Waals surface area contributed by atoms with Crippen molar-refractivity contribution in [3.05, 3.63) is 83.2 Å². The van der Waals surface area contributed by atoms with Crippen molar-refractivity contribution in [1.29, 1.82) is 0 Å². The molecule has 1 heterocycles. The zero-order valence-corrected chi connectivity index (χ0v) is 22.3. The number of aryl methyl sites for hydroxylation is 1. The van der Waals surface area contributed by atoms with Gasteiger partial charge in [-0.05, 0) is 80.3 Å². The molecule has 2 N–H and O–H groups in total. The van der Waals surface area contributed by atoms with Crippen LogP contribution in [0.4, 0.5) is 5.69 Å². The van der Waals surface area contributed by atoms with Gasteiger partial charge in [0.05, 0.1) is 12.0 Å². The first-order valence-corrected chi connectivity index (χ1v) is 13.1. The highest BCUT2D eigenvalue weighted by Crippen LogP contribution is 2.64. The summed E-state index contributed by atoms with van der Waals surface area (Å²) < 4.78 is 6.72. The Morgan fingerprint density at radius 2 is 1.82 bits per heavy atom. The van der Waals surface area contributed by atoms with Gasteiger partial charge in [0.2, 0.25) is 5.91 Å². The summed E-state index contributed by atoms with van der Waals surface area (Å²) >= 11 is 0. The Balaban J connectivity index is 1.42. The molecule has 2 amide bonds. The lowest BCUT2D eigenvalue weighted by molar-refractivity contribution is -0.148. The summed E-state index contributed by atoms with van der Waals surface area (Å²) in [5, 5.41) is 10.2. The van der Waals surface area contributed by atoms with Gasteiger partial charge in [0.1, 0.15) is 11.7 Å². The highest BCUT2D eigenvalue weighted by Gasteiger charge is 2.58. The van der Waals surface area contributed by atoms with E-state index < -0.39 is 11.5 Å². The van der Waals surface area contributed by atoms with Gasteiger partial charge in [-0.2, -0.15) is 5.10 Å². The van der Waals surface area contributed by atoms with E-state index in [9.17, 15) is 14.4 Å². The number of amides is 2. The molecule has 2 aliphatic rings. The van der Waals surface area contributed by atoms with Crippen LogP contribution in [0.25, 0.3) is 0 Å². The number of aromatic nitrogens is 2. The Hall–Kier alpha value is -3.94. The molecule has 0 aliphatic heterocycles. The van der Waals surface area contributed by atoms with Crippen LogP contribution in [0.1, 0.15) is 66.7 Å². The fraction of sp³-hybridized carbons (Fsp3) is 0.400. The van der Waals surface area contributed by atoms with Crippen LogP contribution in [0, 0.1) is 5.41 Å². The van der Waals surface area contributed by atoms with Crippen molar-refractivity contribution in [2.75, 3.05) is 11.9 Å². The van der Waals surface area contributed by atoms with Gasteiger partial charge < -0.3 is 15.4 Å². The zero-order valence-electron chi connectivity index (χ0n) is 22.3. The number of esters is 1. The lowest BCUT2D eigenvalue weighted by atomic mass is 9.82. The van der Waals surface area contributed by atoms with Crippen LogP contribution in [-0.2, 0) is 33.2 Å². The Morgan fingerprint density at radius 3 is 2.45 bits per heavy atom. The Labute approximate surface area is 222 Å². The third-order valence-corrected chi connectivity index (χ3v) is 8.10. The van der Waals surface area contributed by atoms with E-state index in [1.165, 1.54) is 10.2 Å². The Kier molecular flexibility index (Phi) is 6.59. The molecule has 38 heavy (non-hydrogen) atoms. The number of hydrogen-bond donors (Lipinski definition) is 2. The molecule has 0 radical (unpaired) electrons. The van der Waals surface area contributed by atoms with Crippen LogP contribution >= 0.6 is 0 Å². The third-order valence-electron chi connectivity index (χ3n) is 8.10. The number of rotatable bonds is 8. The van der Waals surface area contributed by atoms with Crippen molar-refractivity contribution < 1.29 is 19.1 Å². The van der Waals surface area contributed by atoms with E-state index in [0.717, 1.165) is 30.4 Å². The number of carbonyl (C=O) groups is 3. The maximum Gasteiger partial charge on any atom is 0.315 e. The second kappa shape index (κ2) is 9.74. The number of benzene rings is 2. The number of anilines is 1. The average Bonchev–Trinajstić information content (AvgIpc) is 3.40. The van der Waals surface area contributed by atoms with Crippen molar-refractivity contribution in [3.8, 4) is 0 Å². The number of nitrogens with zero attached hydrogens (tertiary/aromatic N) is 2. The maximum atomic E-state index is 13.9. The lowest BCUT2D eigenvalue weighted by Crippen LogP contribution is -2.49. The smallest absolute Gasteiger partial charge is 0.315 e.